The molecule has 3 aromatic rings. The van der Waals surface area contributed by atoms with Gasteiger partial charge in [-0.3, -0.25) is 9.59 Å². The summed E-state index contributed by atoms with van der Waals surface area (Å²) in [5, 5.41) is 7.72. The second kappa shape index (κ2) is 9.14. The van der Waals surface area contributed by atoms with Crippen molar-refractivity contribution in [1.82, 2.24) is 15.3 Å². The van der Waals surface area contributed by atoms with Gasteiger partial charge in [-0.15, -0.1) is 11.3 Å². The molecule has 6 nitrogen and oxygen atoms in total. The van der Waals surface area contributed by atoms with Crippen molar-refractivity contribution in [2.75, 3.05) is 11.1 Å². The maximum atomic E-state index is 12.6. The zero-order chi connectivity index (χ0) is 21.1. The molecular formula is C22H24N4O2S2. The number of aryl methyl sites for hydroxylation is 2. The van der Waals surface area contributed by atoms with Gasteiger partial charge in [0.15, 0.2) is 0 Å². The van der Waals surface area contributed by atoms with Crippen molar-refractivity contribution < 1.29 is 9.59 Å². The fourth-order valence-corrected chi connectivity index (χ4v) is 5.74. The van der Waals surface area contributed by atoms with E-state index in [1.54, 1.807) is 41.9 Å². The molecule has 156 valence electrons. The van der Waals surface area contributed by atoms with Gasteiger partial charge in [0, 0.05) is 16.3 Å². The number of carbonyl (C=O) groups is 2. The standard InChI is InChI=1S/C22H24N4O2S2/c1-13(2)25-20(28)14-7-3-5-9-16(14)26-18(27)11-29-21-19-15-8-4-6-10-17(15)30-22(19)24-12-23-21/h3,5,7,9,12-13H,4,6,8,10-11H2,1-2H3,(H,25,28)(H,26,27). The van der Waals surface area contributed by atoms with Crippen LogP contribution in [0, 0.1) is 0 Å². The van der Waals surface area contributed by atoms with E-state index in [1.807, 2.05) is 13.8 Å². The Morgan fingerprint density at radius 3 is 2.80 bits per heavy atom. The largest absolute Gasteiger partial charge is 0.350 e. The van der Waals surface area contributed by atoms with Crippen LogP contribution in [0.15, 0.2) is 35.6 Å². The number of benzene rings is 1. The number of nitrogens with zero attached hydrogens (tertiary/aromatic N) is 2. The van der Waals surface area contributed by atoms with E-state index in [0.29, 0.717) is 11.3 Å². The number of fused-ring (bicyclic) bond motifs is 3. The van der Waals surface area contributed by atoms with Gasteiger partial charge in [-0.2, -0.15) is 0 Å². The second-order valence-electron chi connectivity index (χ2n) is 7.58. The lowest BCUT2D eigenvalue weighted by atomic mass is 9.97. The minimum Gasteiger partial charge on any atom is -0.350 e. The van der Waals surface area contributed by atoms with Gasteiger partial charge >= 0.3 is 0 Å². The summed E-state index contributed by atoms with van der Waals surface area (Å²) >= 11 is 3.17. The number of para-hydroxylation sites is 1. The van der Waals surface area contributed by atoms with Crippen molar-refractivity contribution in [2.45, 2.75) is 50.6 Å². The smallest absolute Gasteiger partial charge is 0.253 e. The van der Waals surface area contributed by atoms with Crippen molar-refractivity contribution >= 4 is 50.8 Å². The molecule has 0 spiro atoms. The molecule has 0 unspecified atom stereocenters. The van der Waals surface area contributed by atoms with Crippen molar-refractivity contribution in [1.29, 1.82) is 0 Å². The first-order valence-corrected chi connectivity index (χ1v) is 11.9. The molecule has 8 heteroatoms. The molecule has 30 heavy (non-hydrogen) atoms. The maximum Gasteiger partial charge on any atom is 0.253 e. The van der Waals surface area contributed by atoms with Crippen molar-refractivity contribution in [2.24, 2.45) is 0 Å². The molecule has 0 aliphatic heterocycles. The Balaban J connectivity index is 1.48. The molecule has 0 fully saturated rings. The van der Waals surface area contributed by atoms with E-state index in [4.69, 9.17) is 0 Å². The monoisotopic (exact) mass is 440 g/mol. The Labute approximate surface area is 183 Å². The maximum absolute atomic E-state index is 12.6. The number of amides is 2. The molecule has 2 amide bonds. The number of rotatable bonds is 6. The quantitative estimate of drug-likeness (QED) is 0.437. The van der Waals surface area contributed by atoms with E-state index >= 15 is 0 Å². The first-order chi connectivity index (χ1) is 14.5. The fraction of sp³-hybridized carbons (Fsp3) is 0.364. The SMILES string of the molecule is CC(C)NC(=O)c1ccccc1NC(=O)CSc1ncnc2sc3c(c12)CCCC3. The van der Waals surface area contributed by atoms with Crippen molar-refractivity contribution in [3.63, 3.8) is 0 Å². The number of nitrogens with one attached hydrogen (secondary N) is 2. The van der Waals surface area contributed by atoms with Gasteiger partial charge in [-0.25, -0.2) is 9.97 Å². The van der Waals surface area contributed by atoms with Gasteiger partial charge in [0.25, 0.3) is 5.91 Å². The Morgan fingerprint density at radius 2 is 1.97 bits per heavy atom. The van der Waals surface area contributed by atoms with Crippen LogP contribution in [0.3, 0.4) is 0 Å². The molecule has 0 radical (unpaired) electrons. The zero-order valence-corrected chi connectivity index (χ0v) is 18.7. The highest BCUT2D eigenvalue weighted by Gasteiger charge is 2.21. The molecule has 2 aromatic heterocycles. The lowest BCUT2D eigenvalue weighted by molar-refractivity contribution is -0.113. The van der Waals surface area contributed by atoms with E-state index in [0.717, 1.165) is 28.1 Å². The highest BCUT2D eigenvalue weighted by Crippen LogP contribution is 2.39. The first kappa shape index (κ1) is 20.8. The van der Waals surface area contributed by atoms with Gasteiger partial charge in [0.1, 0.15) is 16.2 Å². The lowest BCUT2D eigenvalue weighted by Gasteiger charge is -2.13. The van der Waals surface area contributed by atoms with Crippen LogP contribution >= 0.6 is 23.1 Å². The van der Waals surface area contributed by atoms with Crippen LogP contribution in [0.5, 0.6) is 0 Å². The highest BCUT2D eigenvalue weighted by atomic mass is 32.2. The molecule has 4 rings (SSSR count). The van der Waals surface area contributed by atoms with Gasteiger partial charge in [0.05, 0.1) is 17.0 Å². The number of hydrogen-bond acceptors (Lipinski definition) is 6. The average molecular weight is 441 g/mol. The summed E-state index contributed by atoms with van der Waals surface area (Å²) in [7, 11) is 0. The fourth-order valence-electron chi connectivity index (χ4n) is 3.62. The number of thiophene rings is 1. The number of hydrogen-bond donors (Lipinski definition) is 2. The van der Waals surface area contributed by atoms with Gasteiger partial charge in [0.2, 0.25) is 5.91 Å². The van der Waals surface area contributed by atoms with Crippen LogP contribution in [0.25, 0.3) is 10.2 Å². The van der Waals surface area contributed by atoms with E-state index in [2.05, 4.69) is 20.6 Å². The minimum atomic E-state index is -0.198. The number of aromatic nitrogens is 2. The topological polar surface area (TPSA) is 84.0 Å². The molecule has 0 saturated carbocycles. The molecular weight excluding hydrogens is 416 g/mol. The molecule has 0 atom stereocenters. The third-order valence-corrected chi connectivity index (χ3v) is 7.11. The van der Waals surface area contributed by atoms with E-state index in [1.165, 1.54) is 35.0 Å². The predicted molar refractivity (Wildman–Crippen MR) is 122 cm³/mol. The normalized spacial score (nSPS) is 13.3. The van der Waals surface area contributed by atoms with Gasteiger partial charge in [-0.1, -0.05) is 23.9 Å². The molecule has 2 N–H and O–H groups in total. The van der Waals surface area contributed by atoms with E-state index < -0.39 is 0 Å². The predicted octanol–water partition coefficient (Wildman–Crippen LogP) is 4.44. The average Bonchev–Trinajstić information content (AvgIpc) is 3.11. The summed E-state index contributed by atoms with van der Waals surface area (Å²) < 4.78 is 0. The third-order valence-electron chi connectivity index (χ3n) is 4.92. The van der Waals surface area contributed by atoms with Crippen LogP contribution in [-0.4, -0.2) is 33.6 Å². The van der Waals surface area contributed by atoms with Crippen LogP contribution < -0.4 is 10.6 Å². The third kappa shape index (κ3) is 4.49. The van der Waals surface area contributed by atoms with E-state index in [-0.39, 0.29) is 23.6 Å². The Morgan fingerprint density at radius 1 is 1.17 bits per heavy atom. The Hall–Kier alpha value is -2.45. The van der Waals surface area contributed by atoms with E-state index in [9.17, 15) is 9.59 Å². The summed E-state index contributed by atoms with van der Waals surface area (Å²) in [5.74, 6) is -0.145. The number of anilines is 1. The van der Waals surface area contributed by atoms with Crippen LogP contribution in [0.4, 0.5) is 5.69 Å². The molecule has 0 saturated heterocycles. The van der Waals surface area contributed by atoms with Crippen molar-refractivity contribution in [3.8, 4) is 0 Å². The van der Waals surface area contributed by atoms with Gasteiger partial charge in [-0.05, 0) is 57.2 Å². The summed E-state index contributed by atoms with van der Waals surface area (Å²) in [6.07, 6.45) is 6.16. The Kier molecular flexibility index (Phi) is 6.34. The van der Waals surface area contributed by atoms with Crippen molar-refractivity contribution in [3.05, 3.63) is 46.6 Å². The molecule has 1 aromatic carbocycles. The molecule has 2 heterocycles. The number of carbonyl (C=O) groups excluding carboxylic acids is 2. The molecule has 1 aliphatic rings. The summed E-state index contributed by atoms with van der Waals surface area (Å²) in [4.78, 5) is 36.4. The summed E-state index contributed by atoms with van der Waals surface area (Å²) in [5.41, 5.74) is 2.34. The lowest BCUT2D eigenvalue weighted by Crippen LogP contribution is -2.31. The van der Waals surface area contributed by atoms with Gasteiger partial charge < -0.3 is 10.6 Å². The Bertz CT molecular complexity index is 1090. The van der Waals surface area contributed by atoms with Crippen LogP contribution in [0.1, 0.15) is 47.5 Å². The molecule has 1 aliphatic carbocycles. The second-order valence-corrected chi connectivity index (χ2v) is 9.63. The minimum absolute atomic E-state index is 0.0218. The van der Waals surface area contributed by atoms with Crippen LogP contribution in [0.2, 0.25) is 0 Å². The summed E-state index contributed by atoms with van der Waals surface area (Å²) in [6.45, 7) is 3.81. The number of thioether (sulfide) groups is 1. The zero-order valence-electron chi connectivity index (χ0n) is 17.0. The summed E-state index contributed by atoms with van der Waals surface area (Å²) in [6, 6.07) is 7.08. The van der Waals surface area contributed by atoms with Crippen LogP contribution in [-0.2, 0) is 17.6 Å². The first-order valence-electron chi connectivity index (χ1n) is 10.1. The highest BCUT2D eigenvalue weighted by molar-refractivity contribution is 8.00. The molecule has 0 bridgehead atoms.